The van der Waals surface area contributed by atoms with E-state index in [-0.39, 0.29) is 0 Å². The molecule has 0 spiro atoms. The van der Waals surface area contributed by atoms with Gasteiger partial charge in [-0.2, -0.15) is 0 Å². The molecule has 7 heteroatoms. The maximum Gasteiger partial charge on any atom is 0.410 e. The second-order valence-electron chi connectivity index (χ2n) is 7.16. The summed E-state index contributed by atoms with van der Waals surface area (Å²) in [5.41, 5.74) is 6.93. The van der Waals surface area contributed by atoms with Gasteiger partial charge in [0.25, 0.3) is 0 Å². The lowest BCUT2D eigenvalue weighted by Gasteiger charge is -2.24. The number of imidazole rings is 1. The van der Waals surface area contributed by atoms with E-state index < -0.39 is 6.09 Å². The largest absolute Gasteiger partial charge is 0.410 e. The smallest absolute Gasteiger partial charge is 0.408 e. The number of primary amides is 1. The van der Waals surface area contributed by atoms with E-state index in [9.17, 15) is 4.79 Å². The molecule has 1 unspecified atom stereocenters. The van der Waals surface area contributed by atoms with E-state index in [1.54, 1.807) is 6.07 Å². The van der Waals surface area contributed by atoms with Gasteiger partial charge in [0.15, 0.2) is 5.75 Å². The zero-order chi connectivity index (χ0) is 18.7. The Morgan fingerprint density at radius 3 is 2.88 bits per heavy atom. The first-order valence-corrected chi connectivity index (χ1v) is 9.36. The second kappa shape index (κ2) is 8.05. The topological polar surface area (TPSA) is 76.6 Å². The number of benzene rings is 1. The van der Waals surface area contributed by atoms with Crippen molar-refractivity contribution in [3.05, 3.63) is 24.0 Å². The number of para-hydroxylation sites is 1. The van der Waals surface area contributed by atoms with Crippen LogP contribution in [0.15, 0.2) is 18.2 Å². The number of ether oxygens (including phenoxy) is 1. The normalized spacial score (nSPS) is 18.1. The van der Waals surface area contributed by atoms with Crippen molar-refractivity contribution in [2.45, 2.75) is 38.8 Å². The van der Waals surface area contributed by atoms with Gasteiger partial charge in [-0.05, 0) is 58.6 Å². The highest BCUT2D eigenvalue weighted by Gasteiger charge is 2.30. The van der Waals surface area contributed by atoms with Crippen LogP contribution in [0, 0.1) is 0 Å². The molecule has 1 aromatic carbocycles. The lowest BCUT2D eigenvalue weighted by Crippen LogP contribution is -2.27. The number of hydrogen-bond acceptors (Lipinski definition) is 5. The van der Waals surface area contributed by atoms with Crippen LogP contribution in [0.2, 0.25) is 0 Å². The van der Waals surface area contributed by atoms with Crippen LogP contribution in [-0.4, -0.2) is 59.2 Å². The van der Waals surface area contributed by atoms with E-state index in [1.165, 1.54) is 6.42 Å². The van der Waals surface area contributed by atoms with Crippen molar-refractivity contribution < 1.29 is 9.53 Å². The maximum atomic E-state index is 11.3. The molecule has 0 bridgehead atoms. The zero-order valence-electron chi connectivity index (χ0n) is 15.9. The van der Waals surface area contributed by atoms with Gasteiger partial charge in [-0.15, -0.1) is 0 Å². The fourth-order valence-electron chi connectivity index (χ4n) is 3.79. The Morgan fingerprint density at radius 1 is 1.38 bits per heavy atom. The monoisotopic (exact) mass is 359 g/mol. The Hall–Kier alpha value is -2.12. The first-order valence-electron chi connectivity index (χ1n) is 9.36. The molecule has 142 valence electrons. The highest BCUT2D eigenvalue weighted by atomic mass is 16.5. The number of hydrogen-bond donors (Lipinski definition) is 1. The third-order valence-electron chi connectivity index (χ3n) is 4.93. The number of fused-ring (bicyclic) bond motifs is 1. The molecule has 2 heterocycles. The van der Waals surface area contributed by atoms with Crippen molar-refractivity contribution in [2.75, 3.05) is 33.7 Å². The maximum absolute atomic E-state index is 11.3. The van der Waals surface area contributed by atoms with Crippen LogP contribution < -0.4 is 10.5 Å². The number of carbonyl (C=O) groups is 1. The Kier molecular flexibility index (Phi) is 5.78. The minimum absolute atomic E-state index is 0.311. The van der Waals surface area contributed by atoms with Crippen LogP contribution >= 0.6 is 0 Å². The summed E-state index contributed by atoms with van der Waals surface area (Å²) >= 11 is 0. The molecule has 26 heavy (non-hydrogen) atoms. The van der Waals surface area contributed by atoms with Crippen LogP contribution in [0.5, 0.6) is 5.75 Å². The number of rotatable bonds is 7. The van der Waals surface area contributed by atoms with E-state index in [0.29, 0.717) is 17.3 Å². The summed E-state index contributed by atoms with van der Waals surface area (Å²) in [6, 6.07) is 5.98. The number of likely N-dealkylation sites (tertiary alicyclic amines) is 1. The lowest BCUT2D eigenvalue weighted by molar-refractivity contribution is 0.211. The zero-order valence-corrected chi connectivity index (χ0v) is 15.9. The van der Waals surface area contributed by atoms with Crippen LogP contribution in [0.25, 0.3) is 11.0 Å². The predicted molar refractivity (Wildman–Crippen MR) is 102 cm³/mol. The minimum Gasteiger partial charge on any atom is -0.408 e. The van der Waals surface area contributed by atoms with Crippen LogP contribution in [0.1, 0.15) is 38.1 Å². The highest BCUT2D eigenvalue weighted by Crippen LogP contribution is 2.35. The summed E-state index contributed by atoms with van der Waals surface area (Å²) in [6.07, 6.45) is 2.61. The summed E-state index contributed by atoms with van der Waals surface area (Å²) < 4.78 is 7.48. The molecule has 1 aromatic heterocycles. The van der Waals surface area contributed by atoms with E-state index in [4.69, 9.17) is 15.5 Å². The third kappa shape index (κ3) is 3.83. The number of likely N-dealkylation sites (N-methyl/N-ethyl adjacent to an activating group) is 1. The van der Waals surface area contributed by atoms with E-state index in [2.05, 4.69) is 35.4 Å². The van der Waals surface area contributed by atoms with Gasteiger partial charge in [-0.25, -0.2) is 9.78 Å². The van der Waals surface area contributed by atoms with Gasteiger partial charge in [0.2, 0.25) is 0 Å². The molecule has 0 saturated carbocycles. The summed E-state index contributed by atoms with van der Waals surface area (Å²) in [6.45, 7) is 6.16. The van der Waals surface area contributed by atoms with Gasteiger partial charge in [0.1, 0.15) is 11.3 Å². The fourth-order valence-corrected chi connectivity index (χ4v) is 3.79. The Morgan fingerprint density at radius 2 is 2.19 bits per heavy atom. The first-order chi connectivity index (χ1) is 12.5. The number of aromatic nitrogens is 2. The van der Waals surface area contributed by atoms with Crippen molar-refractivity contribution in [1.29, 1.82) is 0 Å². The van der Waals surface area contributed by atoms with Crippen LogP contribution in [0.3, 0.4) is 0 Å². The molecule has 1 atom stereocenters. The second-order valence-corrected chi connectivity index (χ2v) is 7.16. The number of nitrogens with zero attached hydrogens (tertiary/aromatic N) is 4. The molecule has 1 saturated heterocycles. The molecule has 3 rings (SSSR count). The number of carbonyl (C=O) groups excluding carboxylic acids is 1. The Balaban J connectivity index is 2.07. The van der Waals surface area contributed by atoms with E-state index >= 15 is 0 Å². The number of amides is 1. The minimum atomic E-state index is -0.810. The van der Waals surface area contributed by atoms with Gasteiger partial charge < -0.3 is 19.9 Å². The van der Waals surface area contributed by atoms with Crippen LogP contribution in [0.4, 0.5) is 4.79 Å². The summed E-state index contributed by atoms with van der Waals surface area (Å²) in [5.74, 6) is 1.49. The van der Waals surface area contributed by atoms with Crippen LogP contribution in [-0.2, 0) is 6.54 Å². The molecule has 0 aliphatic carbocycles. The van der Waals surface area contributed by atoms with Gasteiger partial charge in [-0.3, -0.25) is 4.90 Å². The Bertz CT molecular complexity index is 771. The van der Waals surface area contributed by atoms with Gasteiger partial charge in [0, 0.05) is 13.1 Å². The van der Waals surface area contributed by atoms with Crippen molar-refractivity contribution >= 4 is 17.1 Å². The molecular formula is C19H29N5O2. The third-order valence-corrected chi connectivity index (χ3v) is 4.93. The quantitative estimate of drug-likeness (QED) is 0.822. The summed E-state index contributed by atoms with van der Waals surface area (Å²) in [7, 11) is 4.14. The molecule has 2 aromatic rings. The highest BCUT2D eigenvalue weighted by molar-refractivity contribution is 5.85. The average molecular weight is 359 g/mol. The molecular weight excluding hydrogens is 330 g/mol. The summed E-state index contributed by atoms with van der Waals surface area (Å²) in [5, 5.41) is 0. The van der Waals surface area contributed by atoms with Crippen molar-refractivity contribution in [3.8, 4) is 5.75 Å². The van der Waals surface area contributed by atoms with Crippen molar-refractivity contribution in [3.63, 3.8) is 0 Å². The number of nitrogens with two attached hydrogens (primary N) is 1. The average Bonchev–Trinajstić information content (AvgIpc) is 3.17. The molecule has 1 aliphatic rings. The predicted octanol–water partition coefficient (Wildman–Crippen LogP) is 2.60. The molecule has 7 nitrogen and oxygen atoms in total. The Labute approximate surface area is 154 Å². The molecule has 1 aliphatic heterocycles. The molecule has 2 N–H and O–H groups in total. The van der Waals surface area contributed by atoms with Gasteiger partial charge >= 0.3 is 6.09 Å². The summed E-state index contributed by atoms with van der Waals surface area (Å²) in [4.78, 5) is 20.9. The van der Waals surface area contributed by atoms with Crippen molar-refractivity contribution in [1.82, 2.24) is 19.4 Å². The molecule has 1 fully saturated rings. The van der Waals surface area contributed by atoms with Gasteiger partial charge in [0.05, 0.1) is 11.6 Å². The van der Waals surface area contributed by atoms with E-state index in [0.717, 1.165) is 50.4 Å². The standard InChI is InChI=1S/C19H29N5O2/c1-4-10-23-11-6-8-15(23)18-21-17-14(24(18)13-12-22(2)3)7-5-9-16(17)26-19(20)25/h5,7,9,15H,4,6,8,10-13H2,1-3H3,(H2,20,25). The molecule has 1 amide bonds. The lowest BCUT2D eigenvalue weighted by atomic mass is 10.2. The first kappa shape index (κ1) is 18.7. The SMILES string of the molecule is CCCN1CCCC1c1nc2c(OC(N)=O)cccc2n1CCN(C)C. The van der Waals surface area contributed by atoms with Crippen molar-refractivity contribution in [2.24, 2.45) is 5.73 Å². The van der Waals surface area contributed by atoms with Gasteiger partial charge in [-0.1, -0.05) is 13.0 Å². The molecule has 0 radical (unpaired) electrons. The fraction of sp³-hybridized carbons (Fsp3) is 0.579. The van der Waals surface area contributed by atoms with E-state index in [1.807, 2.05) is 12.1 Å².